The Bertz CT molecular complexity index is 551. The van der Waals surface area contributed by atoms with E-state index in [2.05, 4.69) is 62.7 Å². The molecule has 2 aliphatic rings. The summed E-state index contributed by atoms with van der Waals surface area (Å²) in [6.45, 7) is 9.40. The second-order valence-corrected chi connectivity index (χ2v) is 8.01. The van der Waals surface area contributed by atoms with Crippen LogP contribution in [0.4, 0.5) is 0 Å². The van der Waals surface area contributed by atoms with Crippen LogP contribution in [-0.4, -0.2) is 29.8 Å². The number of thioether (sulfide) groups is 1. The number of rotatable bonds is 1. The highest BCUT2D eigenvalue weighted by atomic mass is 32.2. The number of hydrogen-bond acceptors (Lipinski definition) is 2. The molecule has 1 fully saturated rings. The molecular formula is C18H25NS. The Hall–Kier alpha value is -0.730. The largest absolute Gasteiger partial charge is 0.306 e. The quantitative estimate of drug-likeness (QED) is 0.733. The fraction of sp³-hybridized carbons (Fsp3) is 0.556. The number of piperidine rings is 1. The summed E-state index contributed by atoms with van der Waals surface area (Å²) in [6.07, 6.45) is 3.70. The van der Waals surface area contributed by atoms with Crippen molar-refractivity contribution in [3.8, 4) is 0 Å². The Labute approximate surface area is 127 Å². The second-order valence-electron chi connectivity index (χ2n) is 6.47. The van der Waals surface area contributed by atoms with Crippen LogP contribution in [0, 0.1) is 6.92 Å². The molecule has 108 valence electrons. The van der Waals surface area contributed by atoms with Gasteiger partial charge in [0.05, 0.1) is 0 Å². The molecule has 1 unspecified atom stereocenters. The van der Waals surface area contributed by atoms with Gasteiger partial charge in [-0.1, -0.05) is 24.6 Å². The van der Waals surface area contributed by atoms with Gasteiger partial charge in [0, 0.05) is 22.7 Å². The van der Waals surface area contributed by atoms with Crippen LogP contribution in [0.5, 0.6) is 0 Å². The van der Waals surface area contributed by atoms with Crippen LogP contribution in [0.3, 0.4) is 0 Å². The van der Waals surface area contributed by atoms with E-state index in [1.54, 1.807) is 11.1 Å². The molecule has 1 aromatic carbocycles. The lowest BCUT2D eigenvalue weighted by Gasteiger charge is -2.31. The van der Waals surface area contributed by atoms with Crippen molar-refractivity contribution in [3.63, 3.8) is 0 Å². The van der Waals surface area contributed by atoms with Gasteiger partial charge < -0.3 is 4.90 Å². The summed E-state index contributed by atoms with van der Waals surface area (Å²) in [5.74, 6) is 0. The highest BCUT2D eigenvalue weighted by Crippen LogP contribution is 2.56. The first-order valence-electron chi connectivity index (χ1n) is 7.74. The maximum atomic E-state index is 2.45. The Kier molecular flexibility index (Phi) is 3.72. The first-order chi connectivity index (χ1) is 9.53. The number of hydrogen-bond donors (Lipinski definition) is 0. The number of nitrogens with zero attached hydrogens (tertiary/aromatic N) is 1. The van der Waals surface area contributed by atoms with Crippen molar-refractivity contribution < 1.29 is 0 Å². The molecule has 2 aliphatic heterocycles. The van der Waals surface area contributed by atoms with Crippen molar-refractivity contribution in [3.05, 3.63) is 34.9 Å². The van der Waals surface area contributed by atoms with Gasteiger partial charge in [-0.05, 0) is 62.9 Å². The van der Waals surface area contributed by atoms with E-state index < -0.39 is 0 Å². The second kappa shape index (κ2) is 5.23. The van der Waals surface area contributed by atoms with Gasteiger partial charge in [-0.2, -0.15) is 0 Å². The Morgan fingerprint density at radius 1 is 1.25 bits per heavy atom. The SMILES string of the molecule is CCC1(C)Sc2cc(C)ccc2C1=C1CCN(C)CC1. The Morgan fingerprint density at radius 2 is 1.95 bits per heavy atom. The molecule has 0 N–H and O–H groups in total. The van der Waals surface area contributed by atoms with Gasteiger partial charge in [0.1, 0.15) is 0 Å². The predicted octanol–water partition coefficient (Wildman–Crippen LogP) is 4.75. The van der Waals surface area contributed by atoms with Gasteiger partial charge >= 0.3 is 0 Å². The molecule has 20 heavy (non-hydrogen) atoms. The van der Waals surface area contributed by atoms with Crippen molar-refractivity contribution in [2.24, 2.45) is 0 Å². The third kappa shape index (κ3) is 2.33. The van der Waals surface area contributed by atoms with Crippen LogP contribution in [0.25, 0.3) is 5.57 Å². The molecule has 0 spiro atoms. The number of benzene rings is 1. The van der Waals surface area contributed by atoms with Crippen LogP contribution in [0.2, 0.25) is 0 Å². The minimum atomic E-state index is 0.279. The van der Waals surface area contributed by atoms with Crippen molar-refractivity contribution in [2.75, 3.05) is 20.1 Å². The molecule has 1 nitrogen and oxygen atoms in total. The zero-order valence-electron chi connectivity index (χ0n) is 13.1. The third-order valence-corrected chi connectivity index (χ3v) is 6.39. The van der Waals surface area contributed by atoms with E-state index in [0.717, 1.165) is 0 Å². The molecule has 2 heteroatoms. The summed E-state index contributed by atoms with van der Waals surface area (Å²) >= 11 is 2.08. The van der Waals surface area contributed by atoms with E-state index in [4.69, 9.17) is 0 Å². The maximum Gasteiger partial charge on any atom is 0.0430 e. The molecule has 0 bridgehead atoms. The molecule has 1 saturated heterocycles. The average Bonchev–Trinajstić information content (AvgIpc) is 2.72. The van der Waals surface area contributed by atoms with Crippen molar-refractivity contribution >= 4 is 17.3 Å². The molecule has 2 heterocycles. The van der Waals surface area contributed by atoms with Crippen LogP contribution >= 0.6 is 11.8 Å². The minimum absolute atomic E-state index is 0.279. The van der Waals surface area contributed by atoms with Gasteiger partial charge in [-0.25, -0.2) is 0 Å². The third-order valence-electron chi connectivity index (χ3n) is 4.89. The van der Waals surface area contributed by atoms with E-state index in [1.807, 2.05) is 0 Å². The molecule has 0 aliphatic carbocycles. The monoisotopic (exact) mass is 287 g/mol. The van der Waals surface area contributed by atoms with Gasteiger partial charge in [0.2, 0.25) is 0 Å². The van der Waals surface area contributed by atoms with E-state index in [0.29, 0.717) is 0 Å². The topological polar surface area (TPSA) is 3.24 Å². The molecule has 0 radical (unpaired) electrons. The first-order valence-corrected chi connectivity index (χ1v) is 8.56. The zero-order valence-corrected chi connectivity index (χ0v) is 13.9. The van der Waals surface area contributed by atoms with E-state index in [9.17, 15) is 0 Å². The van der Waals surface area contributed by atoms with Crippen molar-refractivity contribution in [1.82, 2.24) is 4.90 Å². The number of fused-ring (bicyclic) bond motifs is 1. The average molecular weight is 287 g/mol. The molecular weight excluding hydrogens is 262 g/mol. The van der Waals surface area contributed by atoms with Crippen LogP contribution in [0.15, 0.2) is 28.7 Å². The smallest absolute Gasteiger partial charge is 0.0430 e. The normalized spacial score (nSPS) is 27.0. The molecule has 0 saturated carbocycles. The number of aryl methyl sites for hydroxylation is 1. The highest BCUT2D eigenvalue weighted by Gasteiger charge is 2.39. The fourth-order valence-corrected chi connectivity index (χ4v) is 4.96. The Morgan fingerprint density at radius 3 is 2.60 bits per heavy atom. The summed E-state index contributed by atoms with van der Waals surface area (Å²) in [5, 5.41) is 0. The van der Waals surface area contributed by atoms with Crippen molar-refractivity contribution in [1.29, 1.82) is 0 Å². The predicted molar refractivity (Wildman–Crippen MR) is 89.4 cm³/mol. The maximum absolute atomic E-state index is 2.45. The summed E-state index contributed by atoms with van der Waals surface area (Å²) in [6, 6.07) is 7.01. The van der Waals surface area contributed by atoms with E-state index in [-0.39, 0.29) is 4.75 Å². The molecule has 0 amide bonds. The van der Waals surface area contributed by atoms with E-state index >= 15 is 0 Å². The van der Waals surface area contributed by atoms with Gasteiger partial charge in [0.25, 0.3) is 0 Å². The Balaban J connectivity index is 2.09. The summed E-state index contributed by atoms with van der Waals surface area (Å²) < 4.78 is 0.279. The van der Waals surface area contributed by atoms with Crippen LogP contribution in [-0.2, 0) is 0 Å². The van der Waals surface area contributed by atoms with Gasteiger partial charge in [-0.15, -0.1) is 11.8 Å². The molecule has 3 rings (SSSR count). The fourth-order valence-electron chi connectivity index (χ4n) is 3.45. The van der Waals surface area contributed by atoms with E-state index in [1.165, 1.54) is 48.4 Å². The summed E-state index contributed by atoms with van der Waals surface area (Å²) in [4.78, 5) is 3.95. The highest BCUT2D eigenvalue weighted by molar-refractivity contribution is 8.01. The van der Waals surface area contributed by atoms with Crippen LogP contribution in [0.1, 0.15) is 44.2 Å². The van der Waals surface area contributed by atoms with Crippen molar-refractivity contribution in [2.45, 2.75) is 49.7 Å². The van der Waals surface area contributed by atoms with Gasteiger partial charge in [-0.3, -0.25) is 0 Å². The first kappa shape index (κ1) is 14.2. The van der Waals surface area contributed by atoms with Crippen LogP contribution < -0.4 is 0 Å². The standard InChI is InChI=1S/C18H25NS/c1-5-18(3)17(14-8-10-19(4)11-9-14)15-7-6-13(2)12-16(15)20-18/h6-7,12H,5,8-11H2,1-4H3. The number of likely N-dealkylation sites (tertiary alicyclic amines) is 1. The molecule has 1 atom stereocenters. The lowest BCUT2D eigenvalue weighted by Crippen LogP contribution is -2.28. The zero-order chi connectivity index (χ0) is 14.3. The minimum Gasteiger partial charge on any atom is -0.306 e. The molecule has 1 aromatic rings. The van der Waals surface area contributed by atoms with Gasteiger partial charge in [0.15, 0.2) is 0 Å². The summed E-state index contributed by atoms with van der Waals surface area (Å²) in [5.41, 5.74) is 6.27. The lowest BCUT2D eigenvalue weighted by atomic mass is 9.84. The lowest BCUT2D eigenvalue weighted by molar-refractivity contribution is 0.312. The molecule has 0 aromatic heterocycles. The summed E-state index contributed by atoms with van der Waals surface area (Å²) in [7, 11) is 2.24.